The minimum absolute atomic E-state index is 0.120. The second kappa shape index (κ2) is 4.75. The van der Waals surface area contributed by atoms with E-state index in [4.69, 9.17) is 0 Å². The maximum absolute atomic E-state index is 12.1. The number of hydrogen-bond acceptors (Lipinski definition) is 4. The van der Waals surface area contributed by atoms with E-state index in [1.54, 1.807) is 19.1 Å². The number of aromatic nitrogens is 2. The SMILES string of the molecule is Cc1ccc(-c2cc(OC(F)(F)F)ccc2O)nn1. The third kappa shape index (κ3) is 3.34. The summed E-state index contributed by atoms with van der Waals surface area (Å²) in [7, 11) is 0. The van der Waals surface area contributed by atoms with E-state index in [0.717, 1.165) is 18.2 Å². The van der Waals surface area contributed by atoms with Crippen LogP contribution in [0.4, 0.5) is 13.2 Å². The highest BCUT2D eigenvalue weighted by Crippen LogP contribution is 2.33. The van der Waals surface area contributed by atoms with E-state index in [1.165, 1.54) is 0 Å². The summed E-state index contributed by atoms with van der Waals surface area (Å²) in [5.41, 5.74) is 1.04. The van der Waals surface area contributed by atoms with E-state index in [2.05, 4.69) is 14.9 Å². The third-order valence-corrected chi connectivity index (χ3v) is 2.28. The zero-order valence-electron chi connectivity index (χ0n) is 9.77. The van der Waals surface area contributed by atoms with Gasteiger partial charge >= 0.3 is 6.36 Å². The summed E-state index contributed by atoms with van der Waals surface area (Å²) >= 11 is 0. The van der Waals surface area contributed by atoms with Gasteiger partial charge in [-0.3, -0.25) is 0 Å². The molecular weight excluding hydrogens is 261 g/mol. The van der Waals surface area contributed by atoms with Crippen molar-refractivity contribution in [3.63, 3.8) is 0 Å². The van der Waals surface area contributed by atoms with Crippen LogP contribution in [0.2, 0.25) is 0 Å². The molecule has 0 radical (unpaired) electrons. The molecule has 0 spiro atoms. The Bertz CT molecular complexity index is 583. The Balaban J connectivity index is 2.39. The highest BCUT2D eigenvalue weighted by atomic mass is 19.4. The van der Waals surface area contributed by atoms with Crippen molar-refractivity contribution >= 4 is 0 Å². The summed E-state index contributed by atoms with van der Waals surface area (Å²) < 4.78 is 40.1. The zero-order chi connectivity index (χ0) is 14.0. The van der Waals surface area contributed by atoms with Crippen molar-refractivity contribution < 1.29 is 23.0 Å². The minimum Gasteiger partial charge on any atom is -0.507 e. The third-order valence-electron chi connectivity index (χ3n) is 2.28. The van der Waals surface area contributed by atoms with Crippen molar-refractivity contribution in [2.45, 2.75) is 13.3 Å². The molecule has 0 amide bonds. The van der Waals surface area contributed by atoms with Crippen LogP contribution in [0, 0.1) is 6.92 Å². The summed E-state index contributed by atoms with van der Waals surface area (Å²) in [5, 5.41) is 17.2. The molecule has 100 valence electrons. The van der Waals surface area contributed by atoms with Gasteiger partial charge in [0.25, 0.3) is 0 Å². The molecule has 0 aliphatic rings. The Labute approximate surface area is 106 Å². The second-order valence-corrected chi connectivity index (χ2v) is 3.79. The van der Waals surface area contributed by atoms with Crippen LogP contribution in [0.5, 0.6) is 11.5 Å². The van der Waals surface area contributed by atoms with E-state index in [-0.39, 0.29) is 17.0 Å². The lowest BCUT2D eigenvalue weighted by Gasteiger charge is -2.10. The number of aryl methyl sites for hydroxylation is 1. The molecule has 0 atom stereocenters. The number of ether oxygens (including phenoxy) is 1. The van der Waals surface area contributed by atoms with Crippen molar-refractivity contribution in [1.29, 1.82) is 0 Å². The average molecular weight is 270 g/mol. The number of hydrogen-bond donors (Lipinski definition) is 1. The molecule has 7 heteroatoms. The van der Waals surface area contributed by atoms with Gasteiger partial charge in [0, 0.05) is 5.56 Å². The van der Waals surface area contributed by atoms with Gasteiger partial charge in [0.1, 0.15) is 11.5 Å². The maximum atomic E-state index is 12.1. The molecule has 0 unspecified atom stereocenters. The van der Waals surface area contributed by atoms with Gasteiger partial charge in [-0.2, -0.15) is 10.2 Å². The molecule has 4 nitrogen and oxygen atoms in total. The Hall–Kier alpha value is -2.31. The average Bonchev–Trinajstić information content (AvgIpc) is 2.31. The lowest BCUT2D eigenvalue weighted by molar-refractivity contribution is -0.274. The van der Waals surface area contributed by atoms with Crippen LogP contribution in [0.15, 0.2) is 30.3 Å². The topological polar surface area (TPSA) is 55.2 Å². The first-order valence-corrected chi connectivity index (χ1v) is 5.24. The van der Waals surface area contributed by atoms with Crippen LogP contribution in [0.1, 0.15) is 5.69 Å². The van der Waals surface area contributed by atoms with Gasteiger partial charge < -0.3 is 9.84 Å². The van der Waals surface area contributed by atoms with E-state index < -0.39 is 12.1 Å². The smallest absolute Gasteiger partial charge is 0.507 e. The molecule has 0 aliphatic heterocycles. The summed E-state index contributed by atoms with van der Waals surface area (Å²) in [6.45, 7) is 1.72. The molecule has 2 rings (SSSR count). The van der Waals surface area contributed by atoms with Crippen molar-refractivity contribution in [2.75, 3.05) is 0 Å². The van der Waals surface area contributed by atoms with Gasteiger partial charge in [-0.15, -0.1) is 13.2 Å². The molecular formula is C12H9F3N2O2. The summed E-state index contributed by atoms with van der Waals surface area (Å²) in [5.74, 6) is -0.629. The zero-order valence-corrected chi connectivity index (χ0v) is 9.77. The summed E-state index contributed by atoms with van der Waals surface area (Å²) in [6.07, 6.45) is -4.78. The van der Waals surface area contributed by atoms with Gasteiger partial charge in [0.15, 0.2) is 0 Å². The van der Waals surface area contributed by atoms with Crippen LogP contribution in [0.25, 0.3) is 11.3 Å². The quantitative estimate of drug-likeness (QED) is 0.911. The lowest BCUT2D eigenvalue weighted by Crippen LogP contribution is -2.17. The van der Waals surface area contributed by atoms with E-state index >= 15 is 0 Å². The Morgan fingerprint density at radius 3 is 2.42 bits per heavy atom. The summed E-state index contributed by atoms with van der Waals surface area (Å²) in [6, 6.07) is 6.38. The molecule has 19 heavy (non-hydrogen) atoms. The molecule has 0 saturated heterocycles. The second-order valence-electron chi connectivity index (χ2n) is 3.79. The van der Waals surface area contributed by atoms with Gasteiger partial charge in [0.05, 0.1) is 11.4 Å². The Morgan fingerprint density at radius 2 is 1.84 bits per heavy atom. The van der Waals surface area contributed by atoms with Gasteiger partial charge in [-0.25, -0.2) is 0 Å². The number of phenols is 1. The van der Waals surface area contributed by atoms with Crippen LogP contribution in [-0.4, -0.2) is 21.7 Å². The van der Waals surface area contributed by atoms with E-state index in [9.17, 15) is 18.3 Å². The highest BCUT2D eigenvalue weighted by molar-refractivity contribution is 5.68. The lowest BCUT2D eigenvalue weighted by atomic mass is 10.1. The number of phenolic OH excluding ortho intramolecular Hbond substituents is 1. The molecule has 0 saturated carbocycles. The van der Waals surface area contributed by atoms with Gasteiger partial charge in [-0.05, 0) is 37.3 Å². The van der Waals surface area contributed by atoms with Crippen LogP contribution in [-0.2, 0) is 0 Å². The first-order chi connectivity index (χ1) is 8.85. The number of aromatic hydroxyl groups is 1. The monoisotopic (exact) mass is 270 g/mol. The van der Waals surface area contributed by atoms with Crippen molar-refractivity contribution in [3.8, 4) is 22.8 Å². The molecule has 2 aromatic rings. The van der Waals surface area contributed by atoms with Crippen molar-refractivity contribution in [2.24, 2.45) is 0 Å². The first-order valence-electron chi connectivity index (χ1n) is 5.24. The standard InChI is InChI=1S/C12H9F3N2O2/c1-7-2-4-10(17-16-7)9-6-8(3-5-11(9)18)19-12(13,14)15/h2-6,18H,1H3. The first kappa shape index (κ1) is 13.1. The fraction of sp³-hybridized carbons (Fsp3) is 0.167. The molecule has 1 N–H and O–H groups in total. The molecule has 1 heterocycles. The van der Waals surface area contributed by atoms with Crippen LogP contribution >= 0.6 is 0 Å². The van der Waals surface area contributed by atoms with Crippen LogP contribution < -0.4 is 4.74 Å². The molecule has 0 aliphatic carbocycles. The van der Waals surface area contributed by atoms with Gasteiger partial charge in [-0.1, -0.05) is 0 Å². The predicted molar refractivity (Wildman–Crippen MR) is 60.6 cm³/mol. The number of rotatable bonds is 2. The predicted octanol–water partition coefficient (Wildman–Crippen LogP) is 3.06. The molecule has 1 aromatic heterocycles. The summed E-state index contributed by atoms with van der Waals surface area (Å²) in [4.78, 5) is 0. The number of alkyl halides is 3. The molecule has 0 bridgehead atoms. The number of nitrogens with zero attached hydrogens (tertiary/aromatic N) is 2. The number of halogens is 3. The highest BCUT2D eigenvalue weighted by Gasteiger charge is 2.31. The van der Waals surface area contributed by atoms with Crippen molar-refractivity contribution in [3.05, 3.63) is 36.0 Å². The maximum Gasteiger partial charge on any atom is 0.573 e. The number of benzene rings is 1. The largest absolute Gasteiger partial charge is 0.573 e. The fourth-order valence-corrected chi connectivity index (χ4v) is 1.46. The van der Waals surface area contributed by atoms with Gasteiger partial charge in [0.2, 0.25) is 0 Å². The normalized spacial score (nSPS) is 11.4. The van der Waals surface area contributed by atoms with Crippen molar-refractivity contribution in [1.82, 2.24) is 10.2 Å². The fourth-order valence-electron chi connectivity index (χ4n) is 1.46. The molecule has 0 fully saturated rings. The molecule has 1 aromatic carbocycles. The van der Waals surface area contributed by atoms with Crippen LogP contribution in [0.3, 0.4) is 0 Å². The van der Waals surface area contributed by atoms with E-state index in [0.29, 0.717) is 5.69 Å². The van der Waals surface area contributed by atoms with E-state index in [1.807, 2.05) is 0 Å². The Morgan fingerprint density at radius 1 is 1.11 bits per heavy atom. The minimum atomic E-state index is -4.78. The Kier molecular flexibility index (Phi) is 3.28.